The van der Waals surface area contributed by atoms with E-state index in [4.69, 9.17) is 5.10 Å². The lowest BCUT2D eigenvalue weighted by atomic mass is 9.91. The van der Waals surface area contributed by atoms with Crippen LogP contribution in [0, 0.1) is 5.82 Å². The van der Waals surface area contributed by atoms with Gasteiger partial charge in [-0.25, -0.2) is 18.2 Å². The Bertz CT molecular complexity index is 1530. The summed E-state index contributed by atoms with van der Waals surface area (Å²) in [6.07, 6.45) is -1.91. The standard InChI is InChI=1S/C27H28F6N6O/c1-25(2,38-13-4-11-26(29,30)16-38)12-9-21-18-6-7-20(17-5-8-22(19(28)15-17)40-27(31,32)33)34-24(18)39(35-21)23-10-14-37(3)36-23/h5-8,10,14-15H,4,9,11-13,16H2,1-3H3. The molecule has 0 amide bonds. The van der Waals surface area contributed by atoms with E-state index in [-0.39, 0.29) is 18.5 Å². The minimum absolute atomic E-state index is 0.102. The molecule has 0 spiro atoms. The summed E-state index contributed by atoms with van der Waals surface area (Å²) in [5.74, 6) is -4.34. The van der Waals surface area contributed by atoms with Crippen molar-refractivity contribution in [2.24, 2.45) is 7.05 Å². The Kier molecular flexibility index (Phi) is 7.05. The average Bonchev–Trinajstić information content (AvgIpc) is 3.45. The van der Waals surface area contributed by atoms with Crippen molar-refractivity contribution in [1.82, 2.24) is 29.4 Å². The van der Waals surface area contributed by atoms with Gasteiger partial charge in [0.25, 0.3) is 5.92 Å². The molecule has 1 saturated heterocycles. The van der Waals surface area contributed by atoms with E-state index in [9.17, 15) is 26.3 Å². The first-order valence-corrected chi connectivity index (χ1v) is 12.8. The highest BCUT2D eigenvalue weighted by Crippen LogP contribution is 2.34. The molecule has 0 aliphatic carbocycles. The number of fused-ring (bicyclic) bond motifs is 1. The highest BCUT2D eigenvalue weighted by atomic mass is 19.4. The molecule has 1 fully saturated rings. The smallest absolute Gasteiger partial charge is 0.403 e. The summed E-state index contributed by atoms with van der Waals surface area (Å²) in [4.78, 5) is 6.49. The van der Waals surface area contributed by atoms with Gasteiger partial charge in [-0.3, -0.25) is 9.58 Å². The van der Waals surface area contributed by atoms with Gasteiger partial charge in [-0.15, -0.1) is 13.2 Å². The number of halogens is 6. The number of aromatic nitrogens is 5. The third-order valence-electron chi connectivity index (χ3n) is 7.20. The highest BCUT2D eigenvalue weighted by Gasteiger charge is 2.40. The molecule has 0 atom stereocenters. The highest BCUT2D eigenvalue weighted by molar-refractivity contribution is 5.82. The van der Waals surface area contributed by atoms with Crippen molar-refractivity contribution >= 4 is 11.0 Å². The predicted octanol–water partition coefficient (Wildman–Crippen LogP) is 6.30. The number of piperidine rings is 1. The van der Waals surface area contributed by atoms with E-state index in [2.05, 4.69) is 14.8 Å². The van der Waals surface area contributed by atoms with E-state index in [1.54, 1.807) is 40.8 Å². The maximum Gasteiger partial charge on any atom is 0.573 e. The number of hydrogen-bond acceptors (Lipinski definition) is 5. The second kappa shape index (κ2) is 10.1. The van der Waals surface area contributed by atoms with Gasteiger partial charge in [0.2, 0.25) is 0 Å². The zero-order chi connectivity index (χ0) is 28.9. The van der Waals surface area contributed by atoms with Crippen molar-refractivity contribution in [3.63, 3.8) is 0 Å². The molecule has 0 N–H and O–H groups in total. The number of pyridine rings is 1. The predicted molar refractivity (Wildman–Crippen MR) is 136 cm³/mol. The van der Waals surface area contributed by atoms with Crippen molar-refractivity contribution in [3.8, 4) is 22.8 Å². The van der Waals surface area contributed by atoms with Crippen LogP contribution in [0.2, 0.25) is 0 Å². The Morgan fingerprint density at radius 3 is 2.48 bits per heavy atom. The van der Waals surface area contributed by atoms with Gasteiger partial charge >= 0.3 is 6.36 Å². The molecule has 13 heteroatoms. The van der Waals surface area contributed by atoms with Crippen LogP contribution in [0.15, 0.2) is 42.6 Å². The lowest BCUT2D eigenvalue weighted by Crippen LogP contribution is -2.53. The lowest BCUT2D eigenvalue weighted by molar-refractivity contribution is -0.275. The van der Waals surface area contributed by atoms with E-state index < -0.39 is 29.4 Å². The van der Waals surface area contributed by atoms with Crippen LogP contribution in [0.25, 0.3) is 28.1 Å². The van der Waals surface area contributed by atoms with Gasteiger partial charge in [-0.05, 0) is 70.0 Å². The van der Waals surface area contributed by atoms with Gasteiger partial charge in [-0.1, -0.05) is 0 Å². The summed E-state index contributed by atoms with van der Waals surface area (Å²) in [6.45, 7) is 4.21. The summed E-state index contributed by atoms with van der Waals surface area (Å²) in [5, 5.41) is 9.86. The van der Waals surface area contributed by atoms with E-state index in [1.807, 2.05) is 18.7 Å². The largest absolute Gasteiger partial charge is 0.573 e. The summed E-state index contributed by atoms with van der Waals surface area (Å²) < 4.78 is 87.1. The van der Waals surface area contributed by atoms with Gasteiger partial charge in [0, 0.05) is 42.2 Å². The third-order valence-corrected chi connectivity index (χ3v) is 7.20. The van der Waals surface area contributed by atoms with Crippen LogP contribution in [0.3, 0.4) is 0 Å². The third kappa shape index (κ3) is 5.93. The Hall–Kier alpha value is -3.61. The van der Waals surface area contributed by atoms with Gasteiger partial charge in [0.1, 0.15) is 0 Å². The first-order chi connectivity index (χ1) is 18.7. The average molecular weight is 567 g/mol. The SMILES string of the molecule is Cn1ccc(-n2nc(CCC(C)(C)N3CCCC(F)(F)C3)c3ccc(-c4ccc(OC(F)(F)F)c(F)c4)nc32)n1. The number of benzene rings is 1. The summed E-state index contributed by atoms with van der Waals surface area (Å²) >= 11 is 0. The van der Waals surface area contributed by atoms with E-state index >= 15 is 0 Å². The van der Waals surface area contributed by atoms with Gasteiger partial charge in [-0.2, -0.15) is 14.9 Å². The number of aryl methyl sites for hydroxylation is 2. The minimum atomic E-state index is -5.02. The van der Waals surface area contributed by atoms with E-state index in [0.717, 1.165) is 12.1 Å². The first-order valence-electron chi connectivity index (χ1n) is 12.8. The van der Waals surface area contributed by atoms with Crippen molar-refractivity contribution in [1.29, 1.82) is 0 Å². The first kappa shape index (κ1) is 27.9. The van der Waals surface area contributed by atoms with Gasteiger partial charge in [0.15, 0.2) is 23.0 Å². The number of nitrogens with zero attached hydrogens (tertiary/aromatic N) is 6. The molecule has 4 aromatic rings. The lowest BCUT2D eigenvalue weighted by Gasteiger charge is -2.43. The second-order valence-corrected chi connectivity index (χ2v) is 10.7. The Labute approximate surface area is 226 Å². The summed E-state index contributed by atoms with van der Waals surface area (Å²) in [6, 6.07) is 8.25. The molecule has 0 unspecified atom stereocenters. The van der Waals surface area contributed by atoms with Crippen LogP contribution in [0.4, 0.5) is 26.3 Å². The molecule has 0 saturated carbocycles. The van der Waals surface area contributed by atoms with E-state index in [1.165, 1.54) is 6.07 Å². The van der Waals surface area contributed by atoms with Crippen molar-refractivity contribution in [2.75, 3.05) is 13.1 Å². The number of hydrogen-bond donors (Lipinski definition) is 0. The molecule has 1 aliphatic heterocycles. The van der Waals surface area contributed by atoms with Crippen LogP contribution in [0.1, 0.15) is 38.8 Å². The fraction of sp³-hybridized carbons (Fsp3) is 0.444. The van der Waals surface area contributed by atoms with E-state index in [0.29, 0.717) is 54.0 Å². The topological polar surface area (TPSA) is 61.0 Å². The molecule has 3 aromatic heterocycles. The quantitative estimate of drug-likeness (QED) is 0.246. The Morgan fingerprint density at radius 1 is 1.05 bits per heavy atom. The van der Waals surface area contributed by atoms with Crippen LogP contribution in [-0.4, -0.2) is 60.4 Å². The molecular formula is C27H28F6N6O. The van der Waals surface area contributed by atoms with Gasteiger partial charge in [0.05, 0.1) is 17.9 Å². The summed E-state index contributed by atoms with van der Waals surface area (Å²) in [7, 11) is 1.75. The molecule has 40 heavy (non-hydrogen) atoms. The molecule has 1 aromatic carbocycles. The molecule has 5 rings (SSSR count). The molecular weight excluding hydrogens is 538 g/mol. The van der Waals surface area contributed by atoms with Crippen LogP contribution >= 0.6 is 0 Å². The van der Waals surface area contributed by atoms with Crippen molar-refractivity contribution in [3.05, 3.63) is 54.1 Å². The number of rotatable bonds is 7. The maximum absolute atomic E-state index is 14.4. The summed E-state index contributed by atoms with van der Waals surface area (Å²) in [5.41, 5.74) is 1.16. The molecule has 0 bridgehead atoms. The minimum Gasteiger partial charge on any atom is -0.403 e. The fourth-order valence-electron chi connectivity index (χ4n) is 5.01. The maximum atomic E-state index is 14.4. The van der Waals surface area contributed by atoms with Crippen molar-refractivity contribution in [2.45, 2.75) is 57.4 Å². The van der Waals surface area contributed by atoms with Crippen LogP contribution in [-0.2, 0) is 13.5 Å². The zero-order valence-corrected chi connectivity index (χ0v) is 22.1. The fourth-order valence-corrected chi connectivity index (χ4v) is 5.01. The molecule has 1 aliphatic rings. The molecule has 4 heterocycles. The van der Waals surface area contributed by atoms with Gasteiger partial charge < -0.3 is 4.74 Å². The van der Waals surface area contributed by atoms with Crippen LogP contribution < -0.4 is 4.74 Å². The number of likely N-dealkylation sites (tertiary alicyclic amines) is 1. The Morgan fingerprint density at radius 2 is 1.82 bits per heavy atom. The molecule has 0 radical (unpaired) electrons. The molecule has 214 valence electrons. The second-order valence-electron chi connectivity index (χ2n) is 10.7. The van der Waals surface area contributed by atoms with Crippen LogP contribution in [0.5, 0.6) is 5.75 Å². The number of ether oxygens (including phenoxy) is 1. The molecule has 7 nitrogen and oxygen atoms in total. The van der Waals surface area contributed by atoms with Crippen molar-refractivity contribution < 1.29 is 31.1 Å². The number of alkyl halides is 5. The zero-order valence-electron chi connectivity index (χ0n) is 22.1. The normalized spacial score (nSPS) is 16.5. The Balaban J connectivity index is 1.48. The monoisotopic (exact) mass is 566 g/mol.